The van der Waals surface area contributed by atoms with Gasteiger partial charge >= 0.3 is 0 Å². The molecule has 0 saturated carbocycles. The minimum Gasteiger partial charge on any atom is -0.394 e. The Labute approximate surface area is 114 Å². The van der Waals surface area contributed by atoms with E-state index < -0.39 is 12.2 Å². The SMILES string of the molecule is CC1OC(CO)C(O)C(OCc2ccccc2)C1C. The lowest BCUT2D eigenvalue weighted by molar-refractivity contribution is -0.217. The molecule has 5 unspecified atom stereocenters. The summed E-state index contributed by atoms with van der Waals surface area (Å²) in [6.07, 6.45) is -1.71. The van der Waals surface area contributed by atoms with Crippen molar-refractivity contribution in [1.29, 1.82) is 0 Å². The van der Waals surface area contributed by atoms with E-state index in [-0.39, 0.29) is 24.7 Å². The average molecular weight is 266 g/mol. The van der Waals surface area contributed by atoms with Crippen LogP contribution in [0.15, 0.2) is 30.3 Å². The molecule has 1 fully saturated rings. The first kappa shape index (κ1) is 14.5. The molecule has 1 aliphatic rings. The molecule has 2 N–H and O–H groups in total. The van der Waals surface area contributed by atoms with Gasteiger partial charge in [0.15, 0.2) is 0 Å². The molecule has 4 heteroatoms. The van der Waals surface area contributed by atoms with Crippen LogP contribution in [0.3, 0.4) is 0 Å². The van der Waals surface area contributed by atoms with Crippen LogP contribution in [0.4, 0.5) is 0 Å². The van der Waals surface area contributed by atoms with Crippen molar-refractivity contribution in [3.8, 4) is 0 Å². The molecule has 1 saturated heterocycles. The summed E-state index contributed by atoms with van der Waals surface area (Å²) in [5.74, 6) is 0.0847. The summed E-state index contributed by atoms with van der Waals surface area (Å²) in [6.45, 7) is 4.20. The lowest BCUT2D eigenvalue weighted by atomic mass is 9.88. The van der Waals surface area contributed by atoms with Crippen molar-refractivity contribution in [2.45, 2.75) is 44.9 Å². The maximum Gasteiger partial charge on any atom is 0.109 e. The van der Waals surface area contributed by atoms with Crippen molar-refractivity contribution >= 4 is 0 Å². The summed E-state index contributed by atoms with van der Waals surface area (Å²) < 4.78 is 11.4. The molecule has 0 radical (unpaired) electrons. The molecule has 0 aromatic heterocycles. The maximum absolute atomic E-state index is 10.2. The van der Waals surface area contributed by atoms with Gasteiger partial charge in [-0.1, -0.05) is 37.3 Å². The Morgan fingerprint density at radius 2 is 1.89 bits per heavy atom. The third kappa shape index (κ3) is 3.34. The number of aliphatic hydroxyl groups excluding tert-OH is 2. The molecule has 0 amide bonds. The predicted octanol–water partition coefficient (Wildman–Crippen LogP) is 1.35. The van der Waals surface area contributed by atoms with Crippen LogP contribution in [0.1, 0.15) is 19.4 Å². The monoisotopic (exact) mass is 266 g/mol. The van der Waals surface area contributed by atoms with Gasteiger partial charge in [-0.3, -0.25) is 0 Å². The molecule has 0 aliphatic carbocycles. The van der Waals surface area contributed by atoms with Crippen molar-refractivity contribution in [1.82, 2.24) is 0 Å². The quantitative estimate of drug-likeness (QED) is 0.863. The highest BCUT2D eigenvalue weighted by Gasteiger charge is 2.41. The van der Waals surface area contributed by atoms with E-state index in [1.807, 2.05) is 44.2 Å². The first-order valence-corrected chi connectivity index (χ1v) is 6.73. The van der Waals surface area contributed by atoms with Gasteiger partial charge in [0.25, 0.3) is 0 Å². The van der Waals surface area contributed by atoms with Crippen LogP contribution in [0.5, 0.6) is 0 Å². The molecule has 1 aliphatic heterocycles. The normalized spacial score (nSPS) is 35.3. The van der Waals surface area contributed by atoms with Crippen molar-refractivity contribution in [2.75, 3.05) is 6.61 Å². The number of aliphatic hydroxyl groups is 2. The van der Waals surface area contributed by atoms with Crippen LogP contribution in [-0.2, 0) is 16.1 Å². The number of ether oxygens (including phenoxy) is 2. The Morgan fingerprint density at radius 3 is 2.53 bits per heavy atom. The van der Waals surface area contributed by atoms with Crippen LogP contribution in [-0.4, -0.2) is 41.2 Å². The van der Waals surface area contributed by atoms with Crippen LogP contribution < -0.4 is 0 Å². The zero-order chi connectivity index (χ0) is 13.8. The van der Waals surface area contributed by atoms with E-state index in [4.69, 9.17) is 9.47 Å². The molecular weight excluding hydrogens is 244 g/mol. The van der Waals surface area contributed by atoms with E-state index in [1.54, 1.807) is 0 Å². The van der Waals surface area contributed by atoms with E-state index in [0.717, 1.165) is 5.56 Å². The lowest BCUT2D eigenvalue weighted by Crippen LogP contribution is -2.54. The van der Waals surface area contributed by atoms with Crippen LogP contribution >= 0.6 is 0 Å². The van der Waals surface area contributed by atoms with E-state index >= 15 is 0 Å². The lowest BCUT2D eigenvalue weighted by Gasteiger charge is -2.42. The highest BCUT2D eigenvalue weighted by atomic mass is 16.5. The van der Waals surface area contributed by atoms with Crippen molar-refractivity contribution in [3.05, 3.63) is 35.9 Å². The zero-order valence-electron chi connectivity index (χ0n) is 11.4. The molecule has 2 rings (SSSR count). The van der Waals surface area contributed by atoms with Gasteiger partial charge in [0.1, 0.15) is 12.2 Å². The fourth-order valence-electron chi connectivity index (χ4n) is 2.44. The van der Waals surface area contributed by atoms with Crippen LogP contribution in [0, 0.1) is 5.92 Å². The molecule has 1 aromatic carbocycles. The minimum atomic E-state index is -0.792. The van der Waals surface area contributed by atoms with Crippen LogP contribution in [0.25, 0.3) is 0 Å². The largest absolute Gasteiger partial charge is 0.394 e. The summed E-state index contributed by atoms with van der Waals surface area (Å²) in [5.41, 5.74) is 1.07. The third-order valence-corrected chi connectivity index (χ3v) is 3.83. The second-order valence-electron chi connectivity index (χ2n) is 5.17. The van der Waals surface area contributed by atoms with Gasteiger partial charge in [-0.25, -0.2) is 0 Å². The first-order chi connectivity index (χ1) is 9.13. The van der Waals surface area contributed by atoms with Crippen molar-refractivity contribution in [2.24, 2.45) is 5.92 Å². The molecular formula is C15H22O4. The van der Waals surface area contributed by atoms with Gasteiger partial charge in [-0.15, -0.1) is 0 Å². The zero-order valence-corrected chi connectivity index (χ0v) is 11.4. The maximum atomic E-state index is 10.2. The van der Waals surface area contributed by atoms with E-state index in [1.165, 1.54) is 0 Å². The van der Waals surface area contributed by atoms with Gasteiger partial charge < -0.3 is 19.7 Å². The van der Waals surface area contributed by atoms with E-state index in [9.17, 15) is 10.2 Å². The summed E-state index contributed by atoms with van der Waals surface area (Å²) in [4.78, 5) is 0. The van der Waals surface area contributed by atoms with Gasteiger partial charge in [0, 0.05) is 5.92 Å². The first-order valence-electron chi connectivity index (χ1n) is 6.73. The standard InChI is InChI=1S/C15H22O4/c1-10-11(2)19-13(8-16)14(17)15(10)18-9-12-6-4-3-5-7-12/h3-7,10-11,13-17H,8-9H2,1-2H3. The topological polar surface area (TPSA) is 58.9 Å². The van der Waals surface area contributed by atoms with E-state index in [0.29, 0.717) is 6.61 Å². The molecule has 19 heavy (non-hydrogen) atoms. The molecule has 0 bridgehead atoms. The molecule has 5 atom stereocenters. The fourth-order valence-corrected chi connectivity index (χ4v) is 2.44. The highest BCUT2D eigenvalue weighted by Crippen LogP contribution is 2.28. The second kappa shape index (κ2) is 6.48. The molecule has 106 valence electrons. The average Bonchev–Trinajstić information content (AvgIpc) is 2.44. The summed E-state index contributed by atoms with van der Waals surface area (Å²) in [5, 5.41) is 19.4. The summed E-state index contributed by atoms with van der Waals surface area (Å²) in [7, 11) is 0. The van der Waals surface area contributed by atoms with Crippen LogP contribution in [0.2, 0.25) is 0 Å². The highest BCUT2D eigenvalue weighted by molar-refractivity contribution is 5.13. The third-order valence-electron chi connectivity index (χ3n) is 3.83. The number of hydrogen-bond acceptors (Lipinski definition) is 4. The Morgan fingerprint density at radius 1 is 1.21 bits per heavy atom. The Bertz CT molecular complexity index is 381. The van der Waals surface area contributed by atoms with Crippen molar-refractivity contribution < 1.29 is 19.7 Å². The van der Waals surface area contributed by atoms with Gasteiger partial charge in [0.05, 0.1) is 25.4 Å². The Kier molecular flexibility index (Phi) is 4.93. The molecule has 1 heterocycles. The summed E-state index contributed by atoms with van der Waals surface area (Å²) >= 11 is 0. The number of benzene rings is 1. The van der Waals surface area contributed by atoms with Gasteiger partial charge in [0.2, 0.25) is 0 Å². The molecule has 0 spiro atoms. The van der Waals surface area contributed by atoms with Crippen molar-refractivity contribution in [3.63, 3.8) is 0 Å². The number of hydrogen-bond donors (Lipinski definition) is 2. The Hall–Kier alpha value is -0.940. The minimum absolute atomic E-state index is 0.0404. The molecule has 4 nitrogen and oxygen atoms in total. The van der Waals surface area contributed by atoms with E-state index in [2.05, 4.69) is 0 Å². The smallest absolute Gasteiger partial charge is 0.109 e. The fraction of sp³-hybridized carbons (Fsp3) is 0.600. The summed E-state index contributed by atoms with van der Waals surface area (Å²) in [6, 6.07) is 9.86. The number of rotatable bonds is 4. The Balaban J connectivity index is 2.00. The van der Waals surface area contributed by atoms with Gasteiger partial charge in [-0.05, 0) is 12.5 Å². The van der Waals surface area contributed by atoms with Gasteiger partial charge in [-0.2, -0.15) is 0 Å². The molecule has 1 aromatic rings. The second-order valence-corrected chi connectivity index (χ2v) is 5.17. The predicted molar refractivity (Wildman–Crippen MR) is 71.6 cm³/mol.